The Bertz CT molecular complexity index is 291. The standard InChI is InChI=1S/C12H19NO3/c1-3-13(8-9(2)12(15)16)11(14)10-6-4-5-7-10/h4-5,9-10H,3,6-8H2,1-2H3,(H,15,16). The van der Waals surface area contributed by atoms with Gasteiger partial charge < -0.3 is 10.0 Å². The van der Waals surface area contributed by atoms with E-state index in [2.05, 4.69) is 0 Å². The molecular weight excluding hydrogens is 206 g/mol. The Hall–Kier alpha value is -1.32. The summed E-state index contributed by atoms with van der Waals surface area (Å²) >= 11 is 0. The first-order chi connectivity index (χ1) is 7.56. The number of hydrogen-bond acceptors (Lipinski definition) is 2. The van der Waals surface area contributed by atoms with Gasteiger partial charge in [-0.1, -0.05) is 19.1 Å². The lowest BCUT2D eigenvalue weighted by atomic mass is 10.0. The van der Waals surface area contributed by atoms with E-state index in [9.17, 15) is 9.59 Å². The van der Waals surface area contributed by atoms with Crippen LogP contribution in [0, 0.1) is 11.8 Å². The van der Waals surface area contributed by atoms with Crippen molar-refractivity contribution in [2.75, 3.05) is 13.1 Å². The van der Waals surface area contributed by atoms with Crippen LogP contribution in [0.4, 0.5) is 0 Å². The van der Waals surface area contributed by atoms with Crippen molar-refractivity contribution < 1.29 is 14.7 Å². The molecule has 0 spiro atoms. The zero-order chi connectivity index (χ0) is 12.1. The molecule has 0 saturated heterocycles. The predicted octanol–water partition coefficient (Wildman–Crippen LogP) is 1.52. The van der Waals surface area contributed by atoms with Gasteiger partial charge in [-0.2, -0.15) is 0 Å². The maximum atomic E-state index is 12.0. The first-order valence-corrected chi connectivity index (χ1v) is 5.72. The maximum Gasteiger partial charge on any atom is 0.308 e. The lowest BCUT2D eigenvalue weighted by Crippen LogP contribution is -2.39. The van der Waals surface area contributed by atoms with E-state index >= 15 is 0 Å². The summed E-state index contributed by atoms with van der Waals surface area (Å²) in [7, 11) is 0. The first kappa shape index (κ1) is 12.7. The zero-order valence-electron chi connectivity index (χ0n) is 9.85. The molecule has 1 atom stereocenters. The number of carbonyl (C=O) groups excluding carboxylic acids is 1. The van der Waals surface area contributed by atoms with Crippen molar-refractivity contribution in [3.63, 3.8) is 0 Å². The van der Waals surface area contributed by atoms with Crippen molar-refractivity contribution in [3.8, 4) is 0 Å². The topological polar surface area (TPSA) is 57.6 Å². The smallest absolute Gasteiger partial charge is 0.308 e. The number of carboxylic acids is 1. The van der Waals surface area contributed by atoms with Gasteiger partial charge in [-0.05, 0) is 19.8 Å². The summed E-state index contributed by atoms with van der Waals surface area (Å²) in [5.41, 5.74) is 0. The summed E-state index contributed by atoms with van der Waals surface area (Å²) in [6, 6.07) is 0. The van der Waals surface area contributed by atoms with Crippen LogP contribution in [0.3, 0.4) is 0 Å². The molecule has 0 radical (unpaired) electrons. The number of amides is 1. The molecular formula is C12H19NO3. The minimum Gasteiger partial charge on any atom is -0.481 e. The molecule has 0 aromatic rings. The molecule has 4 nitrogen and oxygen atoms in total. The summed E-state index contributed by atoms with van der Waals surface area (Å²) < 4.78 is 0. The SMILES string of the molecule is CCN(CC(C)C(=O)O)C(=O)C1CC=CC1. The van der Waals surface area contributed by atoms with Gasteiger partial charge in [0, 0.05) is 19.0 Å². The number of allylic oxidation sites excluding steroid dienone is 2. The van der Waals surface area contributed by atoms with Gasteiger partial charge in [-0.3, -0.25) is 9.59 Å². The van der Waals surface area contributed by atoms with Gasteiger partial charge >= 0.3 is 5.97 Å². The third-order valence-electron chi connectivity index (χ3n) is 2.97. The molecule has 90 valence electrons. The van der Waals surface area contributed by atoms with Crippen LogP contribution in [-0.4, -0.2) is 35.0 Å². The number of hydrogen-bond donors (Lipinski definition) is 1. The molecule has 1 unspecified atom stereocenters. The Labute approximate surface area is 95.9 Å². The average molecular weight is 225 g/mol. The summed E-state index contributed by atoms with van der Waals surface area (Å²) in [5, 5.41) is 8.82. The van der Waals surface area contributed by atoms with E-state index < -0.39 is 11.9 Å². The van der Waals surface area contributed by atoms with Crippen molar-refractivity contribution in [2.45, 2.75) is 26.7 Å². The van der Waals surface area contributed by atoms with Crippen molar-refractivity contribution in [2.24, 2.45) is 11.8 Å². The number of nitrogens with zero attached hydrogens (tertiary/aromatic N) is 1. The Morgan fingerprint density at radius 3 is 2.44 bits per heavy atom. The van der Waals surface area contributed by atoms with Crippen LogP contribution < -0.4 is 0 Å². The van der Waals surface area contributed by atoms with E-state index in [1.165, 1.54) is 0 Å². The molecule has 1 rings (SSSR count). The second-order valence-corrected chi connectivity index (χ2v) is 4.26. The summed E-state index contributed by atoms with van der Waals surface area (Å²) in [6.45, 7) is 4.40. The van der Waals surface area contributed by atoms with Gasteiger partial charge in [0.05, 0.1) is 5.92 Å². The van der Waals surface area contributed by atoms with Crippen LogP contribution in [-0.2, 0) is 9.59 Å². The number of rotatable bonds is 5. The second kappa shape index (κ2) is 5.68. The number of aliphatic carboxylic acids is 1. The third-order valence-corrected chi connectivity index (χ3v) is 2.97. The molecule has 1 aliphatic rings. The van der Waals surface area contributed by atoms with Crippen LogP contribution in [0.2, 0.25) is 0 Å². The van der Waals surface area contributed by atoms with E-state index in [-0.39, 0.29) is 11.8 Å². The van der Waals surface area contributed by atoms with Gasteiger partial charge in [0.25, 0.3) is 0 Å². The fourth-order valence-corrected chi connectivity index (χ4v) is 1.86. The minimum atomic E-state index is -0.851. The van der Waals surface area contributed by atoms with Gasteiger partial charge in [0.1, 0.15) is 0 Å². The molecule has 0 bridgehead atoms. The fourth-order valence-electron chi connectivity index (χ4n) is 1.86. The highest BCUT2D eigenvalue weighted by molar-refractivity contribution is 5.80. The van der Waals surface area contributed by atoms with Crippen molar-refractivity contribution in [1.29, 1.82) is 0 Å². The van der Waals surface area contributed by atoms with Crippen LogP contribution >= 0.6 is 0 Å². The van der Waals surface area contributed by atoms with Crippen molar-refractivity contribution >= 4 is 11.9 Å². The normalized spacial score (nSPS) is 17.4. The lowest BCUT2D eigenvalue weighted by molar-refractivity contribution is -0.143. The molecule has 0 heterocycles. The molecule has 0 saturated carbocycles. The molecule has 0 aliphatic heterocycles. The van der Waals surface area contributed by atoms with Crippen molar-refractivity contribution in [1.82, 2.24) is 4.90 Å². The highest BCUT2D eigenvalue weighted by Gasteiger charge is 2.26. The summed E-state index contributed by atoms with van der Waals surface area (Å²) in [5.74, 6) is -1.24. The average Bonchev–Trinajstić information content (AvgIpc) is 2.77. The molecule has 1 amide bonds. The quantitative estimate of drug-likeness (QED) is 0.722. The maximum absolute atomic E-state index is 12.0. The van der Waals surface area contributed by atoms with Crippen LogP contribution in [0.25, 0.3) is 0 Å². The molecule has 0 fully saturated rings. The summed E-state index contributed by atoms with van der Waals surface area (Å²) in [4.78, 5) is 24.4. The number of carbonyl (C=O) groups is 2. The van der Waals surface area contributed by atoms with E-state index in [0.717, 1.165) is 12.8 Å². The second-order valence-electron chi connectivity index (χ2n) is 4.26. The molecule has 4 heteroatoms. The van der Waals surface area contributed by atoms with E-state index in [4.69, 9.17) is 5.11 Å². The molecule has 1 N–H and O–H groups in total. The highest BCUT2D eigenvalue weighted by atomic mass is 16.4. The molecule has 0 aromatic carbocycles. The van der Waals surface area contributed by atoms with Gasteiger partial charge in [0.2, 0.25) is 5.91 Å². The third kappa shape index (κ3) is 3.08. The largest absolute Gasteiger partial charge is 0.481 e. The summed E-state index contributed by atoms with van der Waals surface area (Å²) in [6.07, 6.45) is 5.60. The van der Waals surface area contributed by atoms with E-state index in [1.54, 1.807) is 11.8 Å². The van der Waals surface area contributed by atoms with E-state index in [1.807, 2.05) is 19.1 Å². The van der Waals surface area contributed by atoms with Crippen molar-refractivity contribution in [3.05, 3.63) is 12.2 Å². The minimum absolute atomic E-state index is 0.0287. The Kier molecular flexibility index (Phi) is 4.52. The van der Waals surface area contributed by atoms with Crippen LogP contribution in [0.5, 0.6) is 0 Å². The predicted molar refractivity (Wildman–Crippen MR) is 60.9 cm³/mol. The molecule has 0 aromatic heterocycles. The molecule has 1 aliphatic carbocycles. The molecule has 16 heavy (non-hydrogen) atoms. The zero-order valence-corrected chi connectivity index (χ0v) is 9.85. The Balaban J connectivity index is 2.53. The Morgan fingerprint density at radius 1 is 1.44 bits per heavy atom. The van der Waals surface area contributed by atoms with Crippen LogP contribution in [0.15, 0.2) is 12.2 Å². The van der Waals surface area contributed by atoms with Gasteiger partial charge in [-0.15, -0.1) is 0 Å². The monoisotopic (exact) mass is 225 g/mol. The highest BCUT2D eigenvalue weighted by Crippen LogP contribution is 2.20. The Morgan fingerprint density at radius 2 is 2.00 bits per heavy atom. The van der Waals surface area contributed by atoms with Gasteiger partial charge in [0.15, 0.2) is 0 Å². The van der Waals surface area contributed by atoms with E-state index in [0.29, 0.717) is 13.1 Å². The first-order valence-electron chi connectivity index (χ1n) is 5.72. The van der Waals surface area contributed by atoms with Crippen LogP contribution in [0.1, 0.15) is 26.7 Å². The number of carboxylic acid groups (broad SMARTS) is 1. The fraction of sp³-hybridized carbons (Fsp3) is 0.667. The lowest BCUT2D eigenvalue weighted by Gasteiger charge is -2.25. The van der Waals surface area contributed by atoms with Gasteiger partial charge in [-0.25, -0.2) is 0 Å².